The Balaban J connectivity index is 2.29. The van der Waals surface area contributed by atoms with Crippen molar-refractivity contribution >= 4 is 33.5 Å². The summed E-state index contributed by atoms with van der Waals surface area (Å²) in [4.78, 5) is 24.1. The van der Waals surface area contributed by atoms with E-state index in [1.807, 2.05) is 0 Å². The number of halogens is 1. The summed E-state index contributed by atoms with van der Waals surface area (Å²) in [5.41, 5.74) is 0. The van der Waals surface area contributed by atoms with Gasteiger partial charge in [-0.2, -0.15) is 4.31 Å². The highest BCUT2D eigenvalue weighted by molar-refractivity contribution is 7.89. The van der Waals surface area contributed by atoms with Crippen LogP contribution < -0.4 is 4.74 Å². The van der Waals surface area contributed by atoms with Gasteiger partial charge in [0.15, 0.2) is 0 Å². The third kappa shape index (κ3) is 3.47. The molecule has 1 atom stereocenters. The lowest BCUT2D eigenvalue weighted by molar-refractivity contribution is -0.148. The molecule has 24 heavy (non-hydrogen) atoms. The van der Waals surface area contributed by atoms with E-state index in [1.54, 1.807) is 0 Å². The molecule has 2 rings (SSSR count). The van der Waals surface area contributed by atoms with E-state index in [0.29, 0.717) is 5.75 Å². The average Bonchev–Trinajstić information content (AvgIpc) is 2.51. The van der Waals surface area contributed by atoms with Crippen LogP contribution in [0.4, 0.5) is 0 Å². The van der Waals surface area contributed by atoms with Crippen LogP contribution in [-0.2, 0) is 19.6 Å². The Labute approximate surface area is 144 Å². The third-order valence-corrected chi connectivity index (χ3v) is 6.01. The second kappa shape index (κ2) is 6.96. The Morgan fingerprint density at radius 2 is 2.08 bits per heavy atom. The highest BCUT2D eigenvalue weighted by Crippen LogP contribution is 2.29. The van der Waals surface area contributed by atoms with Gasteiger partial charge in [0, 0.05) is 13.1 Å². The Kier molecular flexibility index (Phi) is 5.36. The monoisotopic (exact) mass is 376 g/mol. The maximum Gasteiger partial charge on any atom is 0.323 e. The predicted molar refractivity (Wildman–Crippen MR) is 85.6 cm³/mol. The van der Waals surface area contributed by atoms with Crippen molar-refractivity contribution in [3.63, 3.8) is 0 Å². The topological polar surface area (TPSA) is 104 Å². The van der Waals surface area contributed by atoms with Crippen LogP contribution in [0.25, 0.3) is 0 Å². The van der Waals surface area contributed by atoms with Crippen LogP contribution >= 0.6 is 11.6 Å². The number of carboxylic acid groups (broad SMARTS) is 1. The van der Waals surface area contributed by atoms with Gasteiger partial charge in [-0.25, -0.2) is 8.42 Å². The molecule has 0 bridgehead atoms. The van der Waals surface area contributed by atoms with E-state index >= 15 is 0 Å². The molecule has 132 valence electrons. The Bertz CT molecular complexity index is 767. The Morgan fingerprint density at radius 1 is 1.42 bits per heavy atom. The van der Waals surface area contributed by atoms with E-state index < -0.39 is 34.5 Å². The molecule has 1 amide bonds. The molecule has 1 N–H and O–H groups in total. The summed E-state index contributed by atoms with van der Waals surface area (Å²) in [6, 6.07) is 3.05. The van der Waals surface area contributed by atoms with E-state index in [2.05, 4.69) is 0 Å². The molecule has 1 heterocycles. The van der Waals surface area contributed by atoms with E-state index in [4.69, 9.17) is 21.4 Å². The van der Waals surface area contributed by atoms with Crippen LogP contribution in [0.3, 0.4) is 0 Å². The predicted octanol–water partition coefficient (Wildman–Crippen LogP) is 0.655. The number of methoxy groups -OCH3 is 1. The van der Waals surface area contributed by atoms with Crippen LogP contribution in [0.15, 0.2) is 23.1 Å². The normalized spacial score (nSPS) is 19.4. The quantitative estimate of drug-likeness (QED) is 0.809. The van der Waals surface area contributed by atoms with Crippen molar-refractivity contribution in [1.29, 1.82) is 0 Å². The number of piperazine rings is 1. The molecule has 1 aromatic carbocycles. The van der Waals surface area contributed by atoms with Crippen molar-refractivity contribution in [2.75, 3.05) is 26.7 Å². The highest BCUT2D eigenvalue weighted by Gasteiger charge is 2.39. The van der Waals surface area contributed by atoms with Crippen LogP contribution in [0.1, 0.15) is 6.92 Å². The van der Waals surface area contributed by atoms with Gasteiger partial charge in [-0.05, 0) is 25.1 Å². The van der Waals surface area contributed by atoms with Gasteiger partial charge in [0.25, 0.3) is 0 Å². The highest BCUT2D eigenvalue weighted by atomic mass is 35.5. The fourth-order valence-corrected chi connectivity index (χ4v) is 4.43. The summed E-state index contributed by atoms with van der Waals surface area (Å²) in [7, 11) is -2.53. The number of nitrogens with zero attached hydrogens (tertiary/aromatic N) is 2. The first-order chi connectivity index (χ1) is 11.2. The zero-order chi connectivity index (χ0) is 18.1. The molecule has 1 unspecified atom stereocenters. The molecule has 0 aromatic heterocycles. The number of hydrogen-bond donors (Lipinski definition) is 1. The molecule has 1 aliphatic heterocycles. The van der Waals surface area contributed by atoms with Crippen molar-refractivity contribution in [2.45, 2.75) is 17.9 Å². The number of carbonyl (C=O) groups excluding carboxylic acids is 1. The summed E-state index contributed by atoms with van der Waals surface area (Å²) >= 11 is 5.97. The Morgan fingerprint density at radius 3 is 2.62 bits per heavy atom. The molecule has 8 nitrogen and oxygen atoms in total. The molecule has 0 spiro atoms. The van der Waals surface area contributed by atoms with E-state index in [9.17, 15) is 18.0 Å². The zero-order valence-corrected chi connectivity index (χ0v) is 14.7. The van der Waals surface area contributed by atoms with Gasteiger partial charge < -0.3 is 14.7 Å². The minimum Gasteiger partial charge on any atom is -0.495 e. The number of sulfonamides is 1. The summed E-state index contributed by atoms with van der Waals surface area (Å²) in [5, 5.41) is 8.94. The zero-order valence-electron chi connectivity index (χ0n) is 13.1. The van der Waals surface area contributed by atoms with Gasteiger partial charge in [-0.1, -0.05) is 11.6 Å². The lowest BCUT2D eigenvalue weighted by atomic mass is 10.2. The molecule has 10 heteroatoms. The molecule has 1 aromatic rings. The van der Waals surface area contributed by atoms with E-state index in [0.717, 1.165) is 9.21 Å². The maximum absolute atomic E-state index is 12.8. The summed E-state index contributed by atoms with van der Waals surface area (Å²) < 4.78 is 31.6. The van der Waals surface area contributed by atoms with Crippen molar-refractivity contribution in [3.8, 4) is 5.75 Å². The van der Waals surface area contributed by atoms with Crippen LogP contribution in [0, 0.1) is 0 Å². The lowest BCUT2D eigenvalue weighted by Crippen LogP contribution is -2.58. The van der Waals surface area contributed by atoms with Gasteiger partial charge in [0.1, 0.15) is 18.3 Å². The van der Waals surface area contributed by atoms with Crippen LogP contribution in [0.5, 0.6) is 5.75 Å². The number of benzene rings is 1. The molecular formula is C14H17ClN2O6S. The summed E-state index contributed by atoms with van der Waals surface area (Å²) in [6.45, 7) is 0.995. The van der Waals surface area contributed by atoms with Gasteiger partial charge in [-0.15, -0.1) is 0 Å². The molecule has 0 aliphatic carbocycles. The number of amides is 1. The van der Waals surface area contributed by atoms with Crippen LogP contribution in [-0.4, -0.2) is 67.4 Å². The fourth-order valence-electron chi connectivity index (χ4n) is 2.50. The maximum atomic E-state index is 12.8. The summed E-state index contributed by atoms with van der Waals surface area (Å²) in [5.74, 6) is -1.35. The van der Waals surface area contributed by atoms with Crippen molar-refractivity contribution in [2.24, 2.45) is 0 Å². The largest absolute Gasteiger partial charge is 0.495 e. The minimum atomic E-state index is -3.95. The number of hydrogen-bond acceptors (Lipinski definition) is 5. The van der Waals surface area contributed by atoms with Gasteiger partial charge in [-0.3, -0.25) is 9.59 Å². The number of ether oxygens (including phenoxy) is 1. The van der Waals surface area contributed by atoms with Crippen molar-refractivity contribution in [3.05, 3.63) is 23.2 Å². The first-order valence-corrected chi connectivity index (χ1v) is 8.86. The second-order valence-electron chi connectivity index (χ2n) is 5.24. The molecule has 0 radical (unpaired) electrons. The molecule has 1 fully saturated rings. The third-order valence-electron chi connectivity index (χ3n) is 3.75. The van der Waals surface area contributed by atoms with E-state index in [-0.39, 0.29) is 23.0 Å². The second-order valence-corrected chi connectivity index (χ2v) is 7.54. The SMILES string of the molecule is COc1ccc(S(=O)(=O)N2CCN(CC(=O)O)C(=O)C2C)cc1Cl. The fraction of sp³-hybridized carbons (Fsp3) is 0.429. The molecule has 0 saturated carbocycles. The number of aliphatic carboxylic acids is 1. The van der Waals surface area contributed by atoms with Crippen molar-refractivity contribution < 1.29 is 27.9 Å². The smallest absolute Gasteiger partial charge is 0.323 e. The van der Waals surface area contributed by atoms with Gasteiger partial charge in [0.2, 0.25) is 15.9 Å². The first-order valence-electron chi connectivity index (χ1n) is 7.04. The first kappa shape index (κ1) is 18.5. The Hall–Kier alpha value is -1.84. The van der Waals surface area contributed by atoms with Gasteiger partial charge in [0.05, 0.1) is 17.0 Å². The average molecular weight is 377 g/mol. The van der Waals surface area contributed by atoms with Gasteiger partial charge >= 0.3 is 5.97 Å². The summed E-state index contributed by atoms with van der Waals surface area (Å²) in [6.07, 6.45) is 0. The lowest BCUT2D eigenvalue weighted by Gasteiger charge is -2.37. The number of carbonyl (C=O) groups is 2. The van der Waals surface area contributed by atoms with Crippen molar-refractivity contribution in [1.82, 2.24) is 9.21 Å². The molecule has 1 saturated heterocycles. The van der Waals surface area contributed by atoms with E-state index in [1.165, 1.54) is 32.2 Å². The minimum absolute atomic E-state index is 0.00612. The number of carboxylic acids is 1. The number of rotatable bonds is 5. The standard InChI is InChI=1S/C14H17ClN2O6S/c1-9-14(20)16(8-13(18)19)5-6-17(9)24(21,22)10-3-4-12(23-2)11(15)7-10/h3-4,7,9H,5-6,8H2,1-2H3,(H,18,19). The molecular weight excluding hydrogens is 360 g/mol. The molecule has 1 aliphatic rings. The van der Waals surface area contributed by atoms with Crippen LogP contribution in [0.2, 0.25) is 5.02 Å².